The summed E-state index contributed by atoms with van der Waals surface area (Å²) in [6, 6.07) is 8.47. The molecule has 8 unspecified atom stereocenters. The van der Waals surface area contributed by atoms with Crippen LogP contribution >= 0.6 is 0 Å². The van der Waals surface area contributed by atoms with Crippen LogP contribution in [0.15, 0.2) is 54.6 Å². The van der Waals surface area contributed by atoms with Crippen molar-refractivity contribution < 1.29 is 33.4 Å². The number of ketones is 3. The second-order valence-electron chi connectivity index (χ2n) is 21.2. The minimum Gasteiger partial charge on any atom is -0.493 e. The Labute approximate surface area is 359 Å². The molecular weight excluding hydrogens is 749 g/mol. The van der Waals surface area contributed by atoms with E-state index in [9.17, 15) is 14.4 Å². The van der Waals surface area contributed by atoms with E-state index in [1.807, 2.05) is 26.8 Å². The van der Waals surface area contributed by atoms with Crippen LogP contribution in [0, 0.1) is 65.1 Å². The van der Waals surface area contributed by atoms with Crippen LogP contribution < -0.4 is 9.47 Å². The number of esters is 1. The average Bonchev–Trinajstić information content (AvgIpc) is 3.84. The van der Waals surface area contributed by atoms with Gasteiger partial charge in [-0.2, -0.15) is 0 Å². The van der Waals surface area contributed by atoms with E-state index in [-0.39, 0.29) is 48.2 Å². The molecule has 5 aliphatic carbocycles. The van der Waals surface area contributed by atoms with Crippen molar-refractivity contribution in [1.29, 1.82) is 0 Å². The summed E-state index contributed by atoms with van der Waals surface area (Å²) in [4.78, 5) is 56.1. The molecule has 0 bridgehead atoms. The van der Waals surface area contributed by atoms with E-state index in [1.165, 1.54) is 17.6 Å². The number of carbonyl (C=O) groups excluding carboxylic acids is 4. The Hall–Kier alpha value is -4.00. The predicted octanol–water partition coefficient (Wildman–Crippen LogP) is 11.8. The number of Topliss-reactive ketones (excluding diaryl/α,β-unsaturated/α-hetero) is 3. The van der Waals surface area contributed by atoms with Gasteiger partial charge in [-0.25, -0.2) is 0 Å². The van der Waals surface area contributed by atoms with Gasteiger partial charge in [0.2, 0.25) is 0 Å². The van der Waals surface area contributed by atoms with Gasteiger partial charge in [0.1, 0.15) is 41.1 Å². The van der Waals surface area contributed by atoms with E-state index in [2.05, 4.69) is 71.5 Å². The number of fused-ring (bicyclic) bond motifs is 2. The molecule has 4 fully saturated rings. The molecule has 7 heteroatoms. The lowest BCUT2D eigenvalue weighted by Gasteiger charge is -2.32. The number of hydrogen-bond acceptors (Lipinski definition) is 7. The van der Waals surface area contributed by atoms with Crippen LogP contribution in [0.25, 0.3) is 16.3 Å². The average molecular weight is 819 g/mol. The fourth-order valence-electron chi connectivity index (χ4n) is 10.8. The number of carbonyl (C=O) groups is 4. The Balaban J connectivity index is 1.20. The van der Waals surface area contributed by atoms with E-state index in [0.29, 0.717) is 49.5 Å². The third-order valence-corrected chi connectivity index (χ3v) is 14.7. The molecule has 0 saturated heterocycles. The molecule has 2 aromatic carbocycles. The van der Waals surface area contributed by atoms with Crippen LogP contribution in [-0.2, 0) is 23.9 Å². The molecule has 0 radical (unpaired) electrons. The number of aryl methyl sites for hydroxylation is 1. The summed E-state index contributed by atoms with van der Waals surface area (Å²) < 4.78 is 19.4. The number of ether oxygens (including phenoxy) is 3. The van der Waals surface area contributed by atoms with E-state index in [4.69, 9.17) is 14.2 Å². The second kappa shape index (κ2) is 17.4. The minimum atomic E-state index is -0.755. The quantitative estimate of drug-likeness (QED) is 0.103. The molecule has 0 heterocycles. The third kappa shape index (κ3) is 9.55. The molecule has 0 aliphatic heterocycles. The van der Waals surface area contributed by atoms with Crippen LogP contribution in [0.3, 0.4) is 0 Å². The summed E-state index contributed by atoms with van der Waals surface area (Å²) >= 11 is 0. The molecule has 7 nitrogen and oxygen atoms in total. The number of hydrogen-bond donors (Lipinski definition) is 0. The Bertz CT molecular complexity index is 2070. The van der Waals surface area contributed by atoms with Crippen molar-refractivity contribution in [2.24, 2.45) is 58.2 Å². The minimum absolute atomic E-state index is 0.00712. The topological polar surface area (TPSA) is 96.0 Å². The fraction of sp³-hybridized carbons (Fsp3) is 0.623. The molecule has 4 saturated carbocycles. The Morgan fingerprint density at radius 3 is 2.25 bits per heavy atom. The van der Waals surface area contributed by atoms with Crippen molar-refractivity contribution >= 4 is 39.7 Å². The SMILES string of the molecule is C=CC1CC1(CC(=O)C1CC(Oc2cc(C3=CCC(CC(C)C)=C3)cc3c(C)c(OCCC(C)C)ccc23)CC1C(=O)C(CC(=O)OC1CC2CC2C1)C(C)(C)C)C(C)=O. The largest absolute Gasteiger partial charge is 0.493 e. The highest BCUT2D eigenvalue weighted by Crippen LogP contribution is 2.58. The van der Waals surface area contributed by atoms with E-state index in [1.54, 1.807) is 13.0 Å². The molecule has 0 aromatic heterocycles. The highest BCUT2D eigenvalue weighted by atomic mass is 16.5. The summed E-state index contributed by atoms with van der Waals surface area (Å²) in [5, 5.41) is 2.00. The lowest BCUT2D eigenvalue weighted by molar-refractivity contribution is -0.154. The lowest BCUT2D eigenvalue weighted by atomic mass is 9.70. The van der Waals surface area contributed by atoms with Crippen molar-refractivity contribution in [3.8, 4) is 11.5 Å². The van der Waals surface area contributed by atoms with Crippen molar-refractivity contribution in [2.75, 3.05) is 6.61 Å². The number of benzene rings is 2. The van der Waals surface area contributed by atoms with Gasteiger partial charge in [-0.3, -0.25) is 19.2 Å². The van der Waals surface area contributed by atoms with Gasteiger partial charge >= 0.3 is 5.97 Å². The first-order valence-corrected chi connectivity index (χ1v) is 23.0. The van der Waals surface area contributed by atoms with Crippen molar-refractivity contribution in [1.82, 2.24) is 0 Å². The first-order valence-electron chi connectivity index (χ1n) is 23.0. The Kier molecular flexibility index (Phi) is 12.8. The Morgan fingerprint density at radius 1 is 0.900 bits per heavy atom. The molecule has 7 rings (SSSR count). The van der Waals surface area contributed by atoms with Gasteiger partial charge in [-0.05, 0) is 153 Å². The second-order valence-corrected chi connectivity index (χ2v) is 21.2. The van der Waals surface area contributed by atoms with Gasteiger partial charge in [0.15, 0.2) is 0 Å². The predicted molar refractivity (Wildman–Crippen MR) is 239 cm³/mol. The third-order valence-electron chi connectivity index (χ3n) is 14.7. The van der Waals surface area contributed by atoms with Gasteiger partial charge in [0, 0.05) is 35.0 Å². The summed E-state index contributed by atoms with van der Waals surface area (Å²) in [7, 11) is 0. The highest BCUT2D eigenvalue weighted by Gasteiger charge is 2.59. The van der Waals surface area contributed by atoms with Crippen LogP contribution in [0.4, 0.5) is 0 Å². The normalized spacial score (nSPS) is 28.6. The Morgan fingerprint density at radius 2 is 1.62 bits per heavy atom. The summed E-state index contributed by atoms with van der Waals surface area (Å²) in [5.41, 5.74) is 3.40. The standard InChI is InChI=1S/C53H70O7/c1-11-39-28-53(39,33(7)54)29-47(55)44-25-41(26-45(44)51(57)46(52(8,9)10)27-50(56)60-40-21-36-20-37(36)22-40)59-49-24-38(35-13-12-34(19-35)18-31(4)5)23-43-32(6)48(15-14-42(43)49)58-17-16-30(2)3/h11,13-15,19,23-24,30-31,36-37,39-41,44-46H,1,12,16-18,20-22,25-29H2,2-10H3. The highest BCUT2D eigenvalue weighted by molar-refractivity contribution is 5.98. The molecule has 0 N–H and O–H groups in total. The van der Waals surface area contributed by atoms with Gasteiger partial charge in [0.25, 0.3) is 0 Å². The van der Waals surface area contributed by atoms with Crippen molar-refractivity contribution in [3.05, 3.63) is 65.8 Å². The zero-order valence-corrected chi connectivity index (χ0v) is 37.9. The first kappa shape index (κ1) is 44.1. The van der Waals surface area contributed by atoms with E-state index < -0.39 is 34.7 Å². The molecule has 60 heavy (non-hydrogen) atoms. The molecule has 0 amide bonds. The maximum Gasteiger partial charge on any atom is 0.306 e. The van der Waals surface area contributed by atoms with Crippen LogP contribution in [0.5, 0.6) is 11.5 Å². The molecule has 2 aromatic rings. The molecule has 324 valence electrons. The van der Waals surface area contributed by atoms with Crippen molar-refractivity contribution in [2.45, 2.75) is 145 Å². The maximum atomic E-state index is 15.0. The summed E-state index contributed by atoms with van der Waals surface area (Å²) in [6.07, 6.45) is 13.3. The first-order chi connectivity index (χ1) is 28.4. The molecule has 5 aliphatic rings. The monoisotopic (exact) mass is 819 g/mol. The van der Waals surface area contributed by atoms with Gasteiger partial charge in [0.05, 0.1) is 13.0 Å². The van der Waals surface area contributed by atoms with Gasteiger partial charge in [-0.15, -0.1) is 6.58 Å². The lowest BCUT2D eigenvalue weighted by Crippen LogP contribution is -2.39. The number of rotatable bonds is 19. The van der Waals surface area contributed by atoms with Crippen LogP contribution in [0.1, 0.15) is 137 Å². The smallest absolute Gasteiger partial charge is 0.306 e. The fourth-order valence-corrected chi connectivity index (χ4v) is 10.8. The van der Waals surface area contributed by atoms with Gasteiger partial charge < -0.3 is 14.2 Å². The van der Waals surface area contributed by atoms with Gasteiger partial charge in [-0.1, -0.05) is 72.3 Å². The molecule has 0 spiro atoms. The number of allylic oxidation sites excluding steroid dienone is 5. The van der Waals surface area contributed by atoms with E-state index in [0.717, 1.165) is 65.5 Å². The van der Waals surface area contributed by atoms with Crippen molar-refractivity contribution in [3.63, 3.8) is 0 Å². The maximum absolute atomic E-state index is 15.0. The van der Waals surface area contributed by atoms with Crippen LogP contribution in [0.2, 0.25) is 0 Å². The molecule has 8 atom stereocenters. The zero-order valence-electron chi connectivity index (χ0n) is 37.9. The zero-order chi connectivity index (χ0) is 43.3. The van der Waals surface area contributed by atoms with E-state index >= 15 is 4.79 Å². The van der Waals surface area contributed by atoms with Crippen LogP contribution in [-0.4, -0.2) is 42.1 Å². The molecular formula is C53H70O7. The summed E-state index contributed by atoms with van der Waals surface area (Å²) in [6.45, 7) is 23.1. The summed E-state index contributed by atoms with van der Waals surface area (Å²) in [5.74, 6) is 1.57.